The highest BCUT2D eigenvalue weighted by atomic mass is 19.1. The number of nitrogens with zero attached hydrogens (tertiary/aromatic N) is 1. The second-order valence-electron chi connectivity index (χ2n) is 7.47. The number of hydrogen-bond donors (Lipinski definition) is 1. The van der Waals surface area contributed by atoms with Crippen LogP contribution in [-0.4, -0.2) is 22.7 Å². The Morgan fingerprint density at radius 1 is 1.17 bits per heavy atom. The van der Waals surface area contributed by atoms with Crippen LogP contribution in [0.5, 0.6) is 5.75 Å². The number of rotatable bonds is 6. The first-order valence-corrected chi connectivity index (χ1v) is 9.89. The molecule has 0 atom stereocenters. The molecule has 3 aromatic rings. The van der Waals surface area contributed by atoms with Crippen molar-refractivity contribution in [3.63, 3.8) is 0 Å². The molecular formula is C24H26FNO3. The number of aryl methyl sites for hydroxylation is 2. The van der Waals surface area contributed by atoms with Gasteiger partial charge in [-0.3, -0.25) is 9.78 Å². The van der Waals surface area contributed by atoms with E-state index in [9.17, 15) is 14.3 Å². The second-order valence-corrected chi connectivity index (χ2v) is 7.47. The van der Waals surface area contributed by atoms with Crippen molar-refractivity contribution in [2.24, 2.45) is 0 Å². The number of aromatic nitrogens is 1. The summed E-state index contributed by atoms with van der Waals surface area (Å²) in [6.07, 6.45) is 0.638. The minimum Gasteiger partial charge on any atom is -0.508 e. The highest BCUT2D eigenvalue weighted by molar-refractivity contribution is 6.00. The van der Waals surface area contributed by atoms with Gasteiger partial charge in [0.2, 0.25) is 0 Å². The smallest absolute Gasteiger partial charge is 0.306 e. The molecule has 0 saturated heterocycles. The number of hydrogen-bond acceptors (Lipinski definition) is 4. The fraction of sp³-hybridized carbons (Fsp3) is 0.333. The molecule has 1 aromatic heterocycles. The summed E-state index contributed by atoms with van der Waals surface area (Å²) in [7, 11) is 0. The SMILES string of the molecule is CCOC(=O)CCc1nc(C(C)C)c(-c2ccc(F)c(C)c2)c2ccc(O)cc12. The number of benzene rings is 2. The quantitative estimate of drug-likeness (QED) is 0.546. The number of phenols is 1. The Labute approximate surface area is 170 Å². The average Bonchev–Trinajstić information content (AvgIpc) is 2.68. The van der Waals surface area contributed by atoms with Gasteiger partial charge in [-0.05, 0) is 66.6 Å². The lowest BCUT2D eigenvalue weighted by atomic mass is 9.90. The molecule has 0 fully saturated rings. The number of pyridine rings is 1. The van der Waals surface area contributed by atoms with Crippen LogP contribution in [0.1, 0.15) is 50.1 Å². The van der Waals surface area contributed by atoms with Gasteiger partial charge in [-0.25, -0.2) is 4.39 Å². The second kappa shape index (κ2) is 8.60. The van der Waals surface area contributed by atoms with Crippen molar-refractivity contribution in [3.05, 3.63) is 59.2 Å². The van der Waals surface area contributed by atoms with Crippen LogP contribution < -0.4 is 0 Å². The molecule has 0 bridgehead atoms. The van der Waals surface area contributed by atoms with E-state index in [0.717, 1.165) is 33.3 Å². The highest BCUT2D eigenvalue weighted by Crippen LogP contribution is 2.38. The first-order valence-electron chi connectivity index (χ1n) is 9.89. The van der Waals surface area contributed by atoms with Gasteiger partial charge in [-0.1, -0.05) is 19.9 Å². The van der Waals surface area contributed by atoms with Crippen LogP contribution >= 0.6 is 0 Å². The summed E-state index contributed by atoms with van der Waals surface area (Å²) in [6.45, 7) is 7.98. The molecule has 0 aliphatic heterocycles. The molecule has 0 aliphatic carbocycles. The van der Waals surface area contributed by atoms with E-state index in [1.807, 2.05) is 12.1 Å². The molecule has 5 heteroatoms. The van der Waals surface area contributed by atoms with Gasteiger partial charge in [0, 0.05) is 23.1 Å². The Morgan fingerprint density at radius 3 is 2.59 bits per heavy atom. The minimum absolute atomic E-state index is 0.120. The van der Waals surface area contributed by atoms with Crippen molar-refractivity contribution in [3.8, 4) is 16.9 Å². The van der Waals surface area contributed by atoms with Crippen LogP contribution in [0.4, 0.5) is 4.39 Å². The fourth-order valence-corrected chi connectivity index (χ4v) is 3.55. The third kappa shape index (κ3) is 4.39. The molecule has 152 valence electrons. The van der Waals surface area contributed by atoms with Crippen LogP contribution in [0, 0.1) is 12.7 Å². The number of fused-ring (bicyclic) bond motifs is 1. The average molecular weight is 395 g/mol. The van der Waals surface area contributed by atoms with Gasteiger partial charge in [0.05, 0.1) is 18.7 Å². The van der Waals surface area contributed by atoms with Gasteiger partial charge in [0.25, 0.3) is 0 Å². The Kier molecular flexibility index (Phi) is 6.16. The standard InChI is InChI=1S/C24H26FNO3/c1-5-29-22(28)11-10-21-19-13-17(27)7-8-18(19)23(24(26-21)14(2)3)16-6-9-20(25)15(4)12-16/h6-9,12-14,27H,5,10-11H2,1-4H3. The summed E-state index contributed by atoms with van der Waals surface area (Å²) in [5.41, 5.74) is 4.00. The maximum atomic E-state index is 13.9. The van der Waals surface area contributed by atoms with Gasteiger partial charge in [-0.15, -0.1) is 0 Å². The molecule has 0 unspecified atom stereocenters. The van der Waals surface area contributed by atoms with E-state index in [0.29, 0.717) is 18.6 Å². The lowest BCUT2D eigenvalue weighted by molar-refractivity contribution is -0.143. The van der Waals surface area contributed by atoms with E-state index in [4.69, 9.17) is 9.72 Å². The van der Waals surface area contributed by atoms with Gasteiger partial charge in [-0.2, -0.15) is 0 Å². The van der Waals surface area contributed by atoms with E-state index in [1.54, 1.807) is 32.0 Å². The van der Waals surface area contributed by atoms with E-state index in [1.165, 1.54) is 6.07 Å². The monoisotopic (exact) mass is 395 g/mol. The Morgan fingerprint density at radius 2 is 1.93 bits per heavy atom. The molecular weight excluding hydrogens is 369 g/mol. The van der Waals surface area contributed by atoms with Crippen molar-refractivity contribution < 1.29 is 19.0 Å². The van der Waals surface area contributed by atoms with Crippen molar-refractivity contribution in [2.45, 2.75) is 46.5 Å². The first-order chi connectivity index (χ1) is 13.8. The van der Waals surface area contributed by atoms with E-state index >= 15 is 0 Å². The first kappa shape index (κ1) is 20.8. The van der Waals surface area contributed by atoms with Gasteiger partial charge >= 0.3 is 5.97 Å². The van der Waals surface area contributed by atoms with Crippen LogP contribution in [0.2, 0.25) is 0 Å². The van der Waals surface area contributed by atoms with Gasteiger partial charge in [0.15, 0.2) is 0 Å². The molecule has 0 radical (unpaired) electrons. The summed E-state index contributed by atoms with van der Waals surface area (Å²) < 4.78 is 18.9. The highest BCUT2D eigenvalue weighted by Gasteiger charge is 2.19. The Balaban J connectivity index is 2.23. The number of aromatic hydroxyl groups is 1. The van der Waals surface area contributed by atoms with Crippen LogP contribution in [0.25, 0.3) is 21.9 Å². The van der Waals surface area contributed by atoms with E-state index in [-0.39, 0.29) is 29.9 Å². The molecule has 29 heavy (non-hydrogen) atoms. The molecule has 0 spiro atoms. The van der Waals surface area contributed by atoms with Crippen molar-refractivity contribution >= 4 is 16.7 Å². The maximum Gasteiger partial charge on any atom is 0.306 e. The molecule has 3 rings (SSSR count). The van der Waals surface area contributed by atoms with Crippen LogP contribution in [0.15, 0.2) is 36.4 Å². The van der Waals surface area contributed by atoms with Gasteiger partial charge < -0.3 is 9.84 Å². The molecule has 1 heterocycles. The van der Waals surface area contributed by atoms with Gasteiger partial charge in [0.1, 0.15) is 11.6 Å². The van der Waals surface area contributed by atoms with Crippen molar-refractivity contribution in [1.82, 2.24) is 4.98 Å². The topological polar surface area (TPSA) is 59.4 Å². The zero-order chi connectivity index (χ0) is 21.1. The Hall–Kier alpha value is -2.95. The minimum atomic E-state index is -0.271. The number of halogens is 1. The fourth-order valence-electron chi connectivity index (χ4n) is 3.55. The predicted molar refractivity (Wildman–Crippen MR) is 113 cm³/mol. The number of carbonyl (C=O) groups excluding carboxylic acids is 1. The van der Waals surface area contributed by atoms with Crippen LogP contribution in [0.3, 0.4) is 0 Å². The lowest BCUT2D eigenvalue weighted by Gasteiger charge is -2.19. The summed E-state index contributed by atoms with van der Waals surface area (Å²) in [4.78, 5) is 16.8. The van der Waals surface area contributed by atoms with E-state index in [2.05, 4.69) is 13.8 Å². The number of ether oxygens (including phenoxy) is 1. The third-order valence-electron chi connectivity index (χ3n) is 4.96. The molecule has 4 nitrogen and oxygen atoms in total. The van der Waals surface area contributed by atoms with Crippen molar-refractivity contribution in [2.75, 3.05) is 6.61 Å². The number of esters is 1. The normalized spacial score (nSPS) is 11.2. The summed E-state index contributed by atoms with van der Waals surface area (Å²) in [6, 6.07) is 10.2. The zero-order valence-corrected chi connectivity index (χ0v) is 17.3. The summed E-state index contributed by atoms with van der Waals surface area (Å²) in [5.74, 6) is -0.266. The van der Waals surface area contributed by atoms with Crippen molar-refractivity contribution in [1.29, 1.82) is 0 Å². The summed E-state index contributed by atoms with van der Waals surface area (Å²) >= 11 is 0. The molecule has 1 N–H and O–H groups in total. The zero-order valence-electron chi connectivity index (χ0n) is 17.3. The molecule has 0 amide bonds. The number of phenolic OH excluding ortho intramolecular Hbond substituents is 1. The lowest BCUT2D eigenvalue weighted by Crippen LogP contribution is -2.08. The summed E-state index contributed by atoms with van der Waals surface area (Å²) in [5, 5.41) is 11.8. The molecule has 0 aliphatic rings. The largest absolute Gasteiger partial charge is 0.508 e. The van der Waals surface area contributed by atoms with E-state index < -0.39 is 0 Å². The third-order valence-corrected chi connectivity index (χ3v) is 4.96. The van der Waals surface area contributed by atoms with Crippen LogP contribution in [-0.2, 0) is 16.0 Å². The maximum absolute atomic E-state index is 13.9. The predicted octanol–water partition coefficient (Wildman–Crippen LogP) is 5.67. The molecule has 2 aromatic carbocycles. The molecule has 0 saturated carbocycles. The Bertz CT molecular complexity index is 1060. The number of carbonyl (C=O) groups is 1.